The zero-order chi connectivity index (χ0) is 13.1. The Bertz CT molecular complexity index is 635. The largest absolute Gasteiger partial charge is 0.379 e. The Morgan fingerprint density at radius 1 is 1.37 bits per heavy atom. The number of rotatable bonds is 1. The Labute approximate surface area is 120 Å². The number of H-pyrrole nitrogens is 1. The molecule has 1 N–H and O–H groups in total. The van der Waals surface area contributed by atoms with Gasteiger partial charge in [-0.05, 0) is 15.9 Å². The van der Waals surface area contributed by atoms with Gasteiger partial charge in [-0.15, -0.1) is 0 Å². The quantitative estimate of drug-likeness (QED) is 0.817. The maximum Gasteiger partial charge on any atom is 0.0664 e. The maximum atomic E-state index is 5.32. The normalized spacial score (nSPS) is 16.3. The number of hydrogen-bond donors (Lipinski definition) is 1. The van der Waals surface area contributed by atoms with Gasteiger partial charge in [0.1, 0.15) is 0 Å². The number of hydrogen-bond acceptors (Lipinski definition) is 3. The van der Waals surface area contributed by atoms with E-state index in [2.05, 4.69) is 42.6 Å². The molecule has 1 fully saturated rings. The number of pyridine rings is 1. The SMILES string of the molecule is Brc1cncc2[nH]cc(C#CCN3CCOCC3)c12. The average molecular weight is 320 g/mol. The fourth-order valence-electron chi connectivity index (χ4n) is 2.14. The first-order valence-electron chi connectivity index (χ1n) is 6.24. The number of aromatic nitrogens is 2. The number of fused-ring (bicyclic) bond motifs is 1. The molecule has 0 bridgehead atoms. The Kier molecular flexibility index (Phi) is 3.83. The summed E-state index contributed by atoms with van der Waals surface area (Å²) in [5, 5.41) is 1.10. The first-order chi connectivity index (χ1) is 9.34. The van der Waals surface area contributed by atoms with E-state index in [9.17, 15) is 0 Å². The van der Waals surface area contributed by atoms with Gasteiger partial charge in [-0.1, -0.05) is 11.8 Å². The van der Waals surface area contributed by atoms with Gasteiger partial charge >= 0.3 is 0 Å². The summed E-state index contributed by atoms with van der Waals surface area (Å²) in [5.74, 6) is 6.47. The number of morpholine rings is 1. The lowest BCUT2D eigenvalue weighted by atomic mass is 10.2. The molecule has 2 aromatic rings. The molecule has 1 aliphatic heterocycles. The van der Waals surface area contributed by atoms with Crippen LogP contribution in [0.2, 0.25) is 0 Å². The Morgan fingerprint density at radius 2 is 2.21 bits per heavy atom. The monoisotopic (exact) mass is 319 g/mol. The smallest absolute Gasteiger partial charge is 0.0664 e. The minimum atomic E-state index is 0.790. The van der Waals surface area contributed by atoms with Crippen molar-refractivity contribution >= 4 is 26.8 Å². The first-order valence-corrected chi connectivity index (χ1v) is 7.03. The molecule has 0 aliphatic carbocycles. The second-order valence-corrected chi connectivity index (χ2v) is 5.29. The highest BCUT2D eigenvalue weighted by atomic mass is 79.9. The predicted octanol–water partition coefficient (Wildman–Crippen LogP) is 2.01. The van der Waals surface area contributed by atoms with Crippen molar-refractivity contribution in [3.63, 3.8) is 0 Å². The predicted molar refractivity (Wildman–Crippen MR) is 77.9 cm³/mol. The van der Waals surface area contributed by atoms with Crippen molar-refractivity contribution in [2.75, 3.05) is 32.8 Å². The van der Waals surface area contributed by atoms with Gasteiger partial charge in [0, 0.05) is 35.3 Å². The molecule has 0 unspecified atom stereocenters. The molecule has 19 heavy (non-hydrogen) atoms. The number of nitrogens with one attached hydrogen (secondary N) is 1. The third-order valence-corrected chi connectivity index (χ3v) is 3.77. The van der Waals surface area contributed by atoms with Crippen LogP contribution in [0.4, 0.5) is 0 Å². The van der Waals surface area contributed by atoms with Crippen molar-refractivity contribution in [1.29, 1.82) is 0 Å². The molecule has 0 saturated carbocycles. The van der Waals surface area contributed by atoms with E-state index in [4.69, 9.17) is 4.74 Å². The van der Waals surface area contributed by atoms with E-state index in [0.29, 0.717) is 0 Å². The number of halogens is 1. The summed E-state index contributed by atoms with van der Waals surface area (Å²) in [7, 11) is 0. The Balaban J connectivity index is 1.78. The molecule has 1 saturated heterocycles. The van der Waals surface area contributed by atoms with E-state index in [1.165, 1.54) is 0 Å². The second kappa shape index (κ2) is 5.74. The van der Waals surface area contributed by atoms with E-state index < -0.39 is 0 Å². The molecule has 98 valence electrons. The van der Waals surface area contributed by atoms with E-state index in [0.717, 1.165) is 53.8 Å². The fraction of sp³-hybridized carbons (Fsp3) is 0.357. The van der Waals surface area contributed by atoms with Gasteiger partial charge in [-0.25, -0.2) is 0 Å². The molecule has 3 rings (SSSR count). The third kappa shape index (κ3) is 2.81. The summed E-state index contributed by atoms with van der Waals surface area (Å²) < 4.78 is 6.29. The van der Waals surface area contributed by atoms with E-state index in [1.54, 1.807) is 6.20 Å². The molecule has 0 radical (unpaired) electrons. The van der Waals surface area contributed by atoms with Gasteiger partial charge in [0.05, 0.1) is 37.0 Å². The van der Waals surface area contributed by atoms with Gasteiger partial charge in [0.15, 0.2) is 0 Å². The summed E-state index contributed by atoms with van der Waals surface area (Å²) in [5.41, 5.74) is 2.02. The van der Waals surface area contributed by atoms with E-state index >= 15 is 0 Å². The topological polar surface area (TPSA) is 41.2 Å². The molecule has 0 atom stereocenters. The molecule has 4 nitrogen and oxygen atoms in total. The minimum absolute atomic E-state index is 0.790. The molecular weight excluding hydrogens is 306 g/mol. The standard InChI is InChI=1S/C14H14BrN3O/c15-12-9-16-10-13-14(12)11(8-17-13)2-1-3-18-4-6-19-7-5-18/h8-10,17H,3-7H2. The van der Waals surface area contributed by atoms with Crippen LogP contribution in [-0.2, 0) is 4.74 Å². The van der Waals surface area contributed by atoms with Crippen LogP contribution < -0.4 is 0 Å². The minimum Gasteiger partial charge on any atom is -0.379 e. The zero-order valence-corrected chi connectivity index (χ0v) is 12.0. The molecular formula is C14H14BrN3O. The molecule has 0 amide bonds. The highest BCUT2D eigenvalue weighted by Gasteiger charge is 2.08. The summed E-state index contributed by atoms with van der Waals surface area (Å²) in [6.07, 6.45) is 5.54. The zero-order valence-electron chi connectivity index (χ0n) is 10.4. The van der Waals surface area contributed by atoms with Crippen molar-refractivity contribution < 1.29 is 4.74 Å². The summed E-state index contributed by atoms with van der Waals surface area (Å²) in [4.78, 5) is 9.63. The Morgan fingerprint density at radius 3 is 3.05 bits per heavy atom. The highest BCUT2D eigenvalue weighted by Crippen LogP contribution is 2.24. The first kappa shape index (κ1) is 12.7. The van der Waals surface area contributed by atoms with Crippen LogP contribution in [0.3, 0.4) is 0 Å². The molecule has 3 heterocycles. The van der Waals surface area contributed by atoms with E-state index in [1.807, 2.05) is 12.4 Å². The summed E-state index contributed by atoms with van der Waals surface area (Å²) in [6, 6.07) is 0. The van der Waals surface area contributed by atoms with Crippen molar-refractivity contribution in [2.45, 2.75) is 0 Å². The molecule has 2 aromatic heterocycles. The average Bonchev–Trinajstić information content (AvgIpc) is 2.85. The number of ether oxygens (including phenoxy) is 1. The second-order valence-electron chi connectivity index (χ2n) is 4.44. The lowest BCUT2D eigenvalue weighted by Crippen LogP contribution is -2.36. The van der Waals surface area contributed by atoms with Crippen LogP contribution in [0, 0.1) is 11.8 Å². The van der Waals surface area contributed by atoms with Gasteiger partial charge in [-0.3, -0.25) is 9.88 Å². The molecule has 0 aromatic carbocycles. The van der Waals surface area contributed by atoms with Crippen LogP contribution in [0.5, 0.6) is 0 Å². The highest BCUT2D eigenvalue weighted by molar-refractivity contribution is 9.10. The van der Waals surface area contributed by atoms with Gasteiger partial charge in [0.2, 0.25) is 0 Å². The molecule has 0 spiro atoms. The van der Waals surface area contributed by atoms with Crippen molar-refractivity contribution in [3.8, 4) is 11.8 Å². The van der Waals surface area contributed by atoms with E-state index in [-0.39, 0.29) is 0 Å². The fourth-order valence-corrected chi connectivity index (χ4v) is 2.69. The summed E-state index contributed by atoms with van der Waals surface area (Å²) in [6.45, 7) is 4.35. The summed E-state index contributed by atoms with van der Waals surface area (Å²) >= 11 is 3.52. The van der Waals surface area contributed by atoms with Crippen LogP contribution >= 0.6 is 15.9 Å². The third-order valence-electron chi connectivity index (χ3n) is 3.17. The van der Waals surface area contributed by atoms with Gasteiger partial charge in [-0.2, -0.15) is 0 Å². The van der Waals surface area contributed by atoms with Crippen LogP contribution in [-0.4, -0.2) is 47.7 Å². The maximum absolute atomic E-state index is 5.32. The molecule has 1 aliphatic rings. The van der Waals surface area contributed by atoms with Crippen molar-refractivity contribution in [1.82, 2.24) is 14.9 Å². The number of aromatic amines is 1. The van der Waals surface area contributed by atoms with Crippen LogP contribution in [0.1, 0.15) is 5.56 Å². The lowest BCUT2D eigenvalue weighted by molar-refractivity contribution is 0.0443. The van der Waals surface area contributed by atoms with Crippen LogP contribution in [0.15, 0.2) is 23.1 Å². The molecule has 5 heteroatoms. The van der Waals surface area contributed by atoms with Gasteiger partial charge < -0.3 is 9.72 Å². The van der Waals surface area contributed by atoms with Gasteiger partial charge in [0.25, 0.3) is 0 Å². The lowest BCUT2D eigenvalue weighted by Gasteiger charge is -2.24. The Hall–Kier alpha value is -1.35. The van der Waals surface area contributed by atoms with Crippen molar-refractivity contribution in [2.24, 2.45) is 0 Å². The van der Waals surface area contributed by atoms with Crippen molar-refractivity contribution in [3.05, 3.63) is 28.6 Å². The van der Waals surface area contributed by atoms with Crippen LogP contribution in [0.25, 0.3) is 10.9 Å². The number of nitrogens with zero attached hydrogens (tertiary/aromatic N) is 2.